The van der Waals surface area contributed by atoms with Crippen LogP contribution in [0.1, 0.15) is 36.0 Å². The lowest BCUT2D eigenvalue weighted by molar-refractivity contribution is -0.192. The van der Waals surface area contributed by atoms with Crippen LogP contribution >= 0.6 is 0 Å². The zero-order chi connectivity index (χ0) is 27.2. The van der Waals surface area contributed by atoms with Crippen LogP contribution in [0.15, 0.2) is 48.5 Å². The largest absolute Gasteiger partial charge is 0.490 e. The van der Waals surface area contributed by atoms with Gasteiger partial charge in [0, 0.05) is 37.1 Å². The molecule has 198 valence electrons. The van der Waals surface area contributed by atoms with E-state index in [1.807, 2.05) is 43.3 Å². The fourth-order valence-corrected chi connectivity index (χ4v) is 3.90. The average molecular weight is 522 g/mol. The monoisotopic (exact) mass is 521 g/mol. The molecular weight excluding hydrogens is 494 g/mol. The minimum atomic E-state index is -5.08. The molecule has 0 unspecified atom stereocenters. The van der Waals surface area contributed by atoms with Crippen molar-refractivity contribution in [3.8, 4) is 0 Å². The number of carboxylic acids is 1. The van der Waals surface area contributed by atoms with E-state index in [0.29, 0.717) is 11.5 Å². The Kier molecular flexibility index (Phi) is 8.85. The Morgan fingerprint density at radius 1 is 0.946 bits per heavy atom. The summed E-state index contributed by atoms with van der Waals surface area (Å²) in [5, 5.41) is 14.7. The fraction of sp³-hybridized carbons (Fsp3) is 0.360. The van der Waals surface area contributed by atoms with Crippen molar-refractivity contribution in [3.05, 3.63) is 59.9 Å². The van der Waals surface area contributed by atoms with Gasteiger partial charge in [-0.3, -0.25) is 4.79 Å². The molecule has 12 heteroatoms. The number of benzene rings is 2. The third-order valence-corrected chi connectivity index (χ3v) is 5.75. The van der Waals surface area contributed by atoms with Gasteiger partial charge in [0.2, 0.25) is 5.95 Å². The summed E-state index contributed by atoms with van der Waals surface area (Å²) in [6.07, 6.45) is -1.50. The first-order chi connectivity index (χ1) is 17.4. The van der Waals surface area contributed by atoms with E-state index in [0.717, 1.165) is 42.4 Å². The number of nitrogens with one attached hydrogen (secondary N) is 2. The Labute approximate surface area is 210 Å². The number of fused-ring (bicyclic) bond motifs is 1. The summed E-state index contributed by atoms with van der Waals surface area (Å²) in [6, 6.07) is 14.0. The van der Waals surface area contributed by atoms with Crippen LogP contribution in [0.3, 0.4) is 0 Å². The van der Waals surface area contributed by atoms with Gasteiger partial charge in [0.05, 0.1) is 5.52 Å². The molecule has 3 N–H and O–H groups in total. The number of halogens is 4. The Balaban J connectivity index is 0.000000479. The molecule has 0 saturated heterocycles. The van der Waals surface area contributed by atoms with E-state index in [2.05, 4.69) is 15.6 Å². The number of aliphatic carboxylic acids is 1. The first-order valence-electron chi connectivity index (χ1n) is 11.5. The molecule has 1 heterocycles. The molecule has 1 aliphatic rings. The number of nitrogens with zero attached hydrogens (tertiary/aromatic N) is 3. The Morgan fingerprint density at radius 3 is 2.08 bits per heavy atom. The van der Waals surface area contributed by atoms with Crippen molar-refractivity contribution in [2.75, 3.05) is 24.3 Å². The summed E-state index contributed by atoms with van der Waals surface area (Å²) in [6.45, 7) is 0. The van der Waals surface area contributed by atoms with Crippen molar-refractivity contribution in [2.24, 2.45) is 0 Å². The van der Waals surface area contributed by atoms with E-state index in [1.165, 1.54) is 24.3 Å². The van der Waals surface area contributed by atoms with E-state index in [4.69, 9.17) is 14.9 Å². The van der Waals surface area contributed by atoms with Gasteiger partial charge in [-0.1, -0.05) is 12.1 Å². The summed E-state index contributed by atoms with van der Waals surface area (Å²) >= 11 is 0. The molecule has 0 aliphatic heterocycles. The highest BCUT2D eigenvalue weighted by Gasteiger charge is 2.38. The van der Waals surface area contributed by atoms with E-state index in [1.54, 1.807) is 0 Å². The molecule has 1 aromatic heterocycles. The maximum Gasteiger partial charge on any atom is 0.490 e. The highest BCUT2D eigenvalue weighted by atomic mass is 19.4. The summed E-state index contributed by atoms with van der Waals surface area (Å²) in [5.74, 6) is -1.72. The summed E-state index contributed by atoms with van der Waals surface area (Å²) in [7, 11) is 3.96. The smallest absolute Gasteiger partial charge is 0.475 e. The van der Waals surface area contributed by atoms with Crippen molar-refractivity contribution >= 4 is 34.5 Å². The van der Waals surface area contributed by atoms with Gasteiger partial charge in [-0.05, 0) is 62.1 Å². The predicted molar refractivity (Wildman–Crippen MR) is 131 cm³/mol. The molecule has 1 aliphatic carbocycles. The molecule has 2 aromatic carbocycles. The average Bonchev–Trinajstić information content (AvgIpc) is 2.85. The standard InChI is InChI=1S/C23H26FN5O.C2HF3O2/c1-29(2)21-19-5-3-4-6-20(19)27-23(28-21)26-18-13-11-17(12-14-18)25-22(30)15-7-9-16(24)10-8-15;3-2(4,5)1(6)7/h3-10,17-18H,11-14H2,1-2H3,(H,25,30)(H,26,27,28);(H,6,7). The molecule has 3 aromatic rings. The number of amides is 1. The van der Waals surface area contributed by atoms with Gasteiger partial charge in [0.15, 0.2) is 0 Å². The van der Waals surface area contributed by atoms with Crippen LogP contribution in [-0.2, 0) is 4.79 Å². The molecule has 0 bridgehead atoms. The molecule has 1 fully saturated rings. The highest BCUT2D eigenvalue weighted by molar-refractivity contribution is 5.94. The fourth-order valence-electron chi connectivity index (χ4n) is 3.90. The molecule has 4 rings (SSSR count). The molecule has 0 radical (unpaired) electrons. The third-order valence-electron chi connectivity index (χ3n) is 5.75. The Morgan fingerprint density at radius 2 is 1.51 bits per heavy atom. The van der Waals surface area contributed by atoms with Crippen LogP contribution < -0.4 is 15.5 Å². The molecular formula is C25H27F4N5O3. The maximum absolute atomic E-state index is 13.0. The van der Waals surface area contributed by atoms with Crippen molar-refractivity contribution in [3.63, 3.8) is 0 Å². The number of hydrogen-bond donors (Lipinski definition) is 3. The number of carboxylic acid groups (broad SMARTS) is 1. The molecule has 0 spiro atoms. The van der Waals surface area contributed by atoms with Crippen LogP contribution in [0.2, 0.25) is 0 Å². The first-order valence-corrected chi connectivity index (χ1v) is 11.5. The zero-order valence-corrected chi connectivity index (χ0v) is 20.2. The van der Waals surface area contributed by atoms with Crippen LogP contribution in [0, 0.1) is 5.82 Å². The van der Waals surface area contributed by atoms with E-state index >= 15 is 0 Å². The Bertz CT molecular complexity index is 1230. The second kappa shape index (κ2) is 11.8. The quantitative estimate of drug-likeness (QED) is 0.421. The zero-order valence-electron chi connectivity index (χ0n) is 20.2. The van der Waals surface area contributed by atoms with E-state index in [-0.39, 0.29) is 23.8 Å². The molecule has 37 heavy (non-hydrogen) atoms. The topological polar surface area (TPSA) is 107 Å². The van der Waals surface area contributed by atoms with Crippen LogP contribution in [-0.4, -0.2) is 59.3 Å². The number of carbonyl (C=O) groups excluding carboxylic acids is 1. The van der Waals surface area contributed by atoms with Gasteiger partial charge >= 0.3 is 12.1 Å². The Hall–Kier alpha value is -3.96. The molecule has 8 nitrogen and oxygen atoms in total. The van der Waals surface area contributed by atoms with Crippen molar-refractivity contribution in [1.29, 1.82) is 0 Å². The first kappa shape index (κ1) is 27.6. The van der Waals surface area contributed by atoms with Crippen molar-refractivity contribution in [1.82, 2.24) is 15.3 Å². The van der Waals surface area contributed by atoms with Gasteiger partial charge in [0.1, 0.15) is 11.6 Å². The molecule has 1 amide bonds. The summed E-state index contributed by atoms with van der Waals surface area (Å²) < 4.78 is 44.8. The van der Waals surface area contributed by atoms with Crippen LogP contribution in [0.5, 0.6) is 0 Å². The number of hydrogen-bond acceptors (Lipinski definition) is 6. The number of para-hydroxylation sites is 1. The number of carbonyl (C=O) groups is 2. The SMILES string of the molecule is CN(C)c1nc(NC2CCC(NC(=O)c3ccc(F)cc3)CC2)nc2ccccc12.O=C(O)C(F)(F)F. The van der Waals surface area contributed by atoms with E-state index in [9.17, 15) is 22.4 Å². The maximum atomic E-state index is 13.0. The second-order valence-electron chi connectivity index (χ2n) is 8.76. The van der Waals surface area contributed by atoms with Crippen molar-refractivity contribution < 1.29 is 32.3 Å². The lowest BCUT2D eigenvalue weighted by Crippen LogP contribution is -2.40. The predicted octanol–water partition coefficient (Wildman–Crippen LogP) is 4.62. The van der Waals surface area contributed by atoms with E-state index < -0.39 is 12.1 Å². The van der Waals surface area contributed by atoms with Crippen LogP contribution in [0.4, 0.5) is 29.3 Å². The molecule has 1 saturated carbocycles. The van der Waals surface area contributed by atoms with Gasteiger partial charge in [-0.2, -0.15) is 18.2 Å². The molecule has 0 atom stereocenters. The van der Waals surface area contributed by atoms with Gasteiger partial charge in [0.25, 0.3) is 5.91 Å². The lowest BCUT2D eigenvalue weighted by Gasteiger charge is -2.30. The summed E-state index contributed by atoms with van der Waals surface area (Å²) in [4.78, 5) is 32.6. The number of anilines is 2. The summed E-state index contributed by atoms with van der Waals surface area (Å²) in [5.41, 5.74) is 1.40. The minimum Gasteiger partial charge on any atom is -0.475 e. The van der Waals surface area contributed by atoms with Crippen LogP contribution in [0.25, 0.3) is 10.9 Å². The van der Waals surface area contributed by atoms with Crippen molar-refractivity contribution in [2.45, 2.75) is 43.9 Å². The number of aromatic nitrogens is 2. The van der Waals surface area contributed by atoms with Gasteiger partial charge in [-0.15, -0.1) is 0 Å². The van der Waals surface area contributed by atoms with Gasteiger partial charge in [-0.25, -0.2) is 14.2 Å². The highest BCUT2D eigenvalue weighted by Crippen LogP contribution is 2.26. The number of rotatable bonds is 5. The number of alkyl halides is 3. The second-order valence-corrected chi connectivity index (χ2v) is 8.76. The minimum absolute atomic E-state index is 0.121. The lowest BCUT2D eigenvalue weighted by atomic mass is 9.91. The van der Waals surface area contributed by atoms with Gasteiger partial charge < -0.3 is 20.6 Å². The third kappa shape index (κ3) is 7.76. The normalized spacial score (nSPS) is 17.4.